The second-order valence-corrected chi connectivity index (χ2v) is 6.54. The maximum Gasteiger partial charge on any atom is 0.266 e. The molecular formula is C19H17F2NO3S. The summed E-state index contributed by atoms with van der Waals surface area (Å²) in [6, 6.07) is 8.58. The highest BCUT2D eigenvalue weighted by molar-refractivity contribution is 7.21. The van der Waals surface area contributed by atoms with Crippen molar-refractivity contribution >= 4 is 33.0 Å². The number of carbonyl (C=O) groups excluding carboxylic acids is 1. The van der Waals surface area contributed by atoms with E-state index in [-0.39, 0.29) is 12.4 Å². The second-order valence-electron chi connectivity index (χ2n) is 5.48. The summed E-state index contributed by atoms with van der Waals surface area (Å²) in [5.74, 6) is -1.05. The van der Waals surface area contributed by atoms with Crippen LogP contribution in [0, 0.1) is 11.6 Å². The minimum Gasteiger partial charge on any atom is -0.492 e. The van der Waals surface area contributed by atoms with E-state index in [0.29, 0.717) is 32.8 Å². The Kier molecular flexibility index (Phi) is 5.49. The normalized spacial score (nSPS) is 10.9. The van der Waals surface area contributed by atoms with Crippen LogP contribution >= 0.6 is 11.3 Å². The third-order valence-electron chi connectivity index (χ3n) is 3.75. The number of nitrogens with one attached hydrogen (secondary N) is 1. The van der Waals surface area contributed by atoms with Crippen LogP contribution in [-0.4, -0.2) is 19.6 Å². The lowest BCUT2D eigenvalue weighted by atomic mass is 10.1. The summed E-state index contributed by atoms with van der Waals surface area (Å²) in [5.41, 5.74) is 0.836. The van der Waals surface area contributed by atoms with Crippen molar-refractivity contribution in [3.8, 4) is 5.75 Å². The zero-order valence-corrected chi connectivity index (χ0v) is 15.1. The van der Waals surface area contributed by atoms with Gasteiger partial charge in [-0.05, 0) is 31.2 Å². The van der Waals surface area contributed by atoms with Gasteiger partial charge in [0.1, 0.15) is 17.4 Å². The first kappa shape index (κ1) is 18.3. The SMILES string of the molecule is CCOc1cc(F)ccc1NC(=O)c1sc2cccc(F)c2c1COC. The molecular weight excluding hydrogens is 360 g/mol. The summed E-state index contributed by atoms with van der Waals surface area (Å²) in [6.45, 7) is 2.20. The Labute approximate surface area is 153 Å². The van der Waals surface area contributed by atoms with Crippen molar-refractivity contribution in [2.75, 3.05) is 19.0 Å². The van der Waals surface area contributed by atoms with E-state index in [1.165, 1.54) is 42.7 Å². The molecule has 7 heteroatoms. The van der Waals surface area contributed by atoms with Gasteiger partial charge in [0.15, 0.2) is 0 Å². The fraction of sp³-hybridized carbons (Fsp3) is 0.211. The van der Waals surface area contributed by atoms with Crippen molar-refractivity contribution in [3.63, 3.8) is 0 Å². The lowest BCUT2D eigenvalue weighted by Gasteiger charge is -2.12. The summed E-state index contributed by atoms with van der Waals surface area (Å²) in [5, 5.41) is 3.10. The van der Waals surface area contributed by atoms with Crippen LogP contribution in [0.15, 0.2) is 36.4 Å². The molecule has 0 atom stereocenters. The Morgan fingerprint density at radius 2 is 2.04 bits per heavy atom. The molecule has 1 heterocycles. The number of rotatable bonds is 6. The standard InChI is InChI=1S/C19H17F2NO3S/c1-3-25-15-9-11(20)7-8-14(15)22-19(23)18-12(10-24-2)17-13(21)5-4-6-16(17)26-18/h4-9H,3,10H2,1-2H3,(H,22,23). The lowest BCUT2D eigenvalue weighted by molar-refractivity contribution is 0.102. The fourth-order valence-corrected chi connectivity index (χ4v) is 3.80. The van der Waals surface area contributed by atoms with Crippen molar-refractivity contribution in [2.45, 2.75) is 13.5 Å². The van der Waals surface area contributed by atoms with Gasteiger partial charge in [0, 0.05) is 28.8 Å². The first-order valence-corrected chi connectivity index (χ1v) is 8.79. The van der Waals surface area contributed by atoms with E-state index in [1.807, 2.05) is 0 Å². The molecule has 0 radical (unpaired) electrons. The molecule has 0 spiro atoms. The van der Waals surface area contributed by atoms with Crippen molar-refractivity contribution in [2.24, 2.45) is 0 Å². The molecule has 0 aliphatic heterocycles. The average molecular weight is 377 g/mol. The Hall–Kier alpha value is -2.51. The van der Waals surface area contributed by atoms with Gasteiger partial charge in [-0.2, -0.15) is 0 Å². The van der Waals surface area contributed by atoms with Crippen LogP contribution in [0.2, 0.25) is 0 Å². The van der Waals surface area contributed by atoms with Gasteiger partial charge in [0.25, 0.3) is 5.91 Å². The molecule has 0 unspecified atom stereocenters. The summed E-state index contributed by atoms with van der Waals surface area (Å²) in [4.78, 5) is 13.2. The zero-order valence-electron chi connectivity index (χ0n) is 14.3. The van der Waals surface area contributed by atoms with Crippen LogP contribution in [-0.2, 0) is 11.3 Å². The van der Waals surface area contributed by atoms with Crippen LogP contribution < -0.4 is 10.1 Å². The Morgan fingerprint density at radius 1 is 1.23 bits per heavy atom. The highest BCUT2D eigenvalue weighted by atomic mass is 32.1. The topological polar surface area (TPSA) is 47.6 Å². The van der Waals surface area contributed by atoms with E-state index < -0.39 is 17.5 Å². The van der Waals surface area contributed by atoms with Crippen LogP contribution in [0.5, 0.6) is 5.75 Å². The number of benzene rings is 2. The number of hydrogen-bond donors (Lipinski definition) is 1. The molecule has 0 saturated carbocycles. The number of hydrogen-bond acceptors (Lipinski definition) is 4. The minimum absolute atomic E-state index is 0.103. The van der Waals surface area contributed by atoms with Crippen LogP contribution in [0.25, 0.3) is 10.1 Å². The molecule has 0 aliphatic rings. The van der Waals surface area contributed by atoms with Gasteiger partial charge >= 0.3 is 0 Å². The van der Waals surface area contributed by atoms with Gasteiger partial charge in [-0.15, -0.1) is 11.3 Å². The number of fused-ring (bicyclic) bond motifs is 1. The van der Waals surface area contributed by atoms with Crippen molar-refractivity contribution in [3.05, 3.63) is 58.5 Å². The summed E-state index contributed by atoms with van der Waals surface area (Å²) < 4.78 is 38.9. The number of thiophene rings is 1. The van der Waals surface area contributed by atoms with Crippen LogP contribution in [0.4, 0.5) is 14.5 Å². The number of methoxy groups -OCH3 is 1. The van der Waals surface area contributed by atoms with E-state index in [4.69, 9.17) is 9.47 Å². The summed E-state index contributed by atoms with van der Waals surface area (Å²) >= 11 is 1.18. The molecule has 1 aromatic heterocycles. The van der Waals surface area contributed by atoms with E-state index in [1.54, 1.807) is 19.1 Å². The predicted octanol–water partition coefficient (Wildman–Crippen LogP) is 4.98. The molecule has 0 fully saturated rings. The summed E-state index contributed by atoms with van der Waals surface area (Å²) in [7, 11) is 1.49. The van der Waals surface area contributed by atoms with E-state index >= 15 is 0 Å². The number of halogens is 2. The monoisotopic (exact) mass is 377 g/mol. The predicted molar refractivity (Wildman–Crippen MR) is 98.0 cm³/mol. The Balaban J connectivity index is 2.01. The zero-order chi connectivity index (χ0) is 18.7. The van der Waals surface area contributed by atoms with E-state index in [0.717, 1.165) is 0 Å². The highest BCUT2D eigenvalue weighted by Crippen LogP contribution is 2.35. The molecule has 3 aromatic rings. The third-order valence-corrected chi connectivity index (χ3v) is 4.95. The molecule has 26 heavy (non-hydrogen) atoms. The molecule has 4 nitrogen and oxygen atoms in total. The first-order chi connectivity index (χ1) is 12.5. The van der Waals surface area contributed by atoms with Gasteiger partial charge in [-0.25, -0.2) is 8.78 Å². The largest absolute Gasteiger partial charge is 0.492 e. The molecule has 0 aliphatic carbocycles. The van der Waals surface area contributed by atoms with Crippen LogP contribution in [0.1, 0.15) is 22.2 Å². The van der Waals surface area contributed by atoms with Gasteiger partial charge in [0.2, 0.25) is 0 Å². The Morgan fingerprint density at radius 3 is 2.77 bits per heavy atom. The number of anilines is 1. The van der Waals surface area contributed by atoms with Gasteiger partial charge in [-0.3, -0.25) is 4.79 Å². The molecule has 3 rings (SSSR count). The maximum atomic E-state index is 14.2. The van der Waals surface area contributed by atoms with Crippen molar-refractivity contribution in [1.82, 2.24) is 0 Å². The van der Waals surface area contributed by atoms with Crippen molar-refractivity contribution in [1.29, 1.82) is 0 Å². The molecule has 0 saturated heterocycles. The maximum absolute atomic E-state index is 14.2. The molecule has 2 aromatic carbocycles. The quantitative estimate of drug-likeness (QED) is 0.659. The second kappa shape index (κ2) is 7.80. The lowest BCUT2D eigenvalue weighted by Crippen LogP contribution is -2.13. The number of amides is 1. The first-order valence-electron chi connectivity index (χ1n) is 7.97. The van der Waals surface area contributed by atoms with E-state index in [9.17, 15) is 13.6 Å². The Bertz CT molecular complexity index is 955. The van der Waals surface area contributed by atoms with Gasteiger partial charge in [0.05, 0.1) is 23.8 Å². The number of carbonyl (C=O) groups is 1. The molecule has 136 valence electrons. The van der Waals surface area contributed by atoms with Gasteiger partial charge < -0.3 is 14.8 Å². The molecule has 1 N–H and O–H groups in total. The third kappa shape index (κ3) is 3.54. The number of ether oxygens (including phenoxy) is 2. The van der Waals surface area contributed by atoms with Crippen LogP contribution in [0.3, 0.4) is 0 Å². The van der Waals surface area contributed by atoms with Crippen molar-refractivity contribution < 1.29 is 23.0 Å². The molecule has 1 amide bonds. The molecule has 0 bridgehead atoms. The summed E-state index contributed by atoms with van der Waals surface area (Å²) in [6.07, 6.45) is 0. The highest BCUT2D eigenvalue weighted by Gasteiger charge is 2.21. The van der Waals surface area contributed by atoms with Gasteiger partial charge in [-0.1, -0.05) is 6.07 Å². The minimum atomic E-state index is -0.463. The average Bonchev–Trinajstić information content (AvgIpc) is 2.98. The fourth-order valence-electron chi connectivity index (χ4n) is 2.69. The smallest absolute Gasteiger partial charge is 0.266 e. The van der Waals surface area contributed by atoms with E-state index in [2.05, 4.69) is 5.32 Å².